The maximum Gasteiger partial charge on any atom is 0.246 e. The number of nitrogens with one attached hydrogen (secondary N) is 1. The highest BCUT2D eigenvalue weighted by Gasteiger charge is 2.10. The lowest BCUT2D eigenvalue weighted by atomic mass is 10.4. The molecule has 5 N–H and O–H groups in total. The molecule has 14 heavy (non-hydrogen) atoms. The van der Waals surface area contributed by atoms with Gasteiger partial charge in [-0.05, 0) is 0 Å². The molecule has 0 unspecified atom stereocenters. The first kappa shape index (κ1) is 10.3. The third kappa shape index (κ3) is 2.13. The van der Waals surface area contributed by atoms with Crippen molar-refractivity contribution in [1.29, 1.82) is 0 Å². The first-order chi connectivity index (χ1) is 6.69. The van der Waals surface area contributed by atoms with Gasteiger partial charge < -0.3 is 26.3 Å². The molecule has 1 rings (SSSR count). The Morgan fingerprint density at radius 2 is 2.07 bits per heavy atom. The van der Waals surface area contributed by atoms with Crippen molar-refractivity contribution in [3.05, 3.63) is 0 Å². The fraction of sp³-hybridized carbons (Fsp3) is 0.429. The lowest BCUT2D eigenvalue weighted by molar-refractivity contribution is 0.0485. The molecule has 0 saturated heterocycles. The summed E-state index contributed by atoms with van der Waals surface area (Å²) in [5.74, 6) is 0.738. The van der Waals surface area contributed by atoms with Gasteiger partial charge in [-0.3, -0.25) is 0 Å². The molecule has 0 spiro atoms. The van der Waals surface area contributed by atoms with Gasteiger partial charge in [-0.1, -0.05) is 0 Å². The van der Waals surface area contributed by atoms with Crippen LogP contribution in [0.3, 0.4) is 0 Å². The van der Waals surface area contributed by atoms with E-state index < -0.39 is 0 Å². The Hall–Kier alpha value is -1.76. The number of hydrogen-bond acceptors (Lipinski definition) is 7. The highest BCUT2D eigenvalue weighted by molar-refractivity contribution is 5.68. The normalized spacial score (nSPS) is 9.86. The summed E-state index contributed by atoms with van der Waals surface area (Å²) < 4.78 is 9.81. The van der Waals surface area contributed by atoms with Crippen LogP contribution >= 0.6 is 0 Å². The molecule has 0 aromatic carbocycles. The maximum absolute atomic E-state index is 5.68. The van der Waals surface area contributed by atoms with Gasteiger partial charge in [-0.15, -0.1) is 0 Å². The van der Waals surface area contributed by atoms with Gasteiger partial charge in [0.05, 0.1) is 0 Å². The van der Waals surface area contributed by atoms with Crippen LogP contribution in [0.25, 0.3) is 0 Å². The Morgan fingerprint density at radius 1 is 1.36 bits per heavy atom. The summed E-state index contributed by atoms with van der Waals surface area (Å²) in [5.41, 5.74) is 11.4. The van der Waals surface area contributed by atoms with Gasteiger partial charge in [0.25, 0.3) is 0 Å². The molecular formula is C7H13N5O2. The number of anilines is 3. The third-order valence-corrected chi connectivity index (χ3v) is 1.48. The van der Waals surface area contributed by atoms with Crippen molar-refractivity contribution < 1.29 is 9.47 Å². The molecule has 7 nitrogen and oxygen atoms in total. The van der Waals surface area contributed by atoms with E-state index in [1.54, 1.807) is 7.05 Å². The van der Waals surface area contributed by atoms with Gasteiger partial charge in [0.2, 0.25) is 11.8 Å². The number of nitrogens with zero attached hydrogens (tertiary/aromatic N) is 2. The Bertz CT molecular complexity index is 317. The van der Waals surface area contributed by atoms with Crippen LogP contribution in [0.5, 0.6) is 5.88 Å². The quantitative estimate of drug-likeness (QED) is 0.569. The van der Waals surface area contributed by atoms with Gasteiger partial charge in [0.15, 0.2) is 12.6 Å². The first-order valence-electron chi connectivity index (χ1n) is 3.91. The lowest BCUT2D eigenvalue weighted by Gasteiger charge is -2.10. The highest BCUT2D eigenvalue weighted by atomic mass is 16.7. The average Bonchev–Trinajstić information content (AvgIpc) is 2.18. The van der Waals surface area contributed by atoms with Crippen LogP contribution in [0, 0.1) is 0 Å². The van der Waals surface area contributed by atoms with Gasteiger partial charge in [-0.2, -0.15) is 9.97 Å². The minimum absolute atomic E-state index is 0.0593. The van der Waals surface area contributed by atoms with Crippen LogP contribution in [0.1, 0.15) is 0 Å². The van der Waals surface area contributed by atoms with Crippen LogP contribution in [0.15, 0.2) is 0 Å². The van der Waals surface area contributed by atoms with Crippen molar-refractivity contribution in [1.82, 2.24) is 9.97 Å². The second kappa shape index (κ2) is 4.47. The summed E-state index contributed by atoms with van der Waals surface area (Å²) in [4.78, 5) is 7.69. The van der Waals surface area contributed by atoms with Crippen molar-refractivity contribution in [3.8, 4) is 5.88 Å². The van der Waals surface area contributed by atoms with Gasteiger partial charge in [0.1, 0.15) is 5.69 Å². The zero-order valence-electron chi connectivity index (χ0n) is 8.07. The van der Waals surface area contributed by atoms with Crippen molar-refractivity contribution in [2.24, 2.45) is 0 Å². The van der Waals surface area contributed by atoms with Crippen molar-refractivity contribution in [2.75, 3.05) is 37.7 Å². The summed E-state index contributed by atoms with van der Waals surface area (Å²) >= 11 is 0. The molecule has 78 valence electrons. The van der Waals surface area contributed by atoms with Gasteiger partial charge in [-0.25, -0.2) is 0 Å². The summed E-state index contributed by atoms with van der Waals surface area (Å²) in [6, 6.07) is 0. The molecule has 0 saturated carbocycles. The number of ether oxygens (including phenoxy) is 2. The number of nitrogen functional groups attached to an aromatic ring is 2. The molecule has 0 aliphatic carbocycles. The molecule has 7 heteroatoms. The van der Waals surface area contributed by atoms with E-state index in [0.29, 0.717) is 11.5 Å². The Morgan fingerprint density at radius 3 is 2.64 bits per heavy atom. The van der Waals surface area contributed by atoms with E-state index in [1.165, 1.54) is 7.11 Å². The summed E-state index contributed by atoms with van der Waals surface area (Å²) in [5, 5.41) is 2.78. The van der Waals surface area contributed by atoms with Gasteiger partial charge in [0, 0.05) is 14.2 Å². The minimum Gasteiger partial charge on any atom is -0.449 e. The fourth-order valence-corrected chi connectivity index (χ4v) is 0.881. The lowest BCUT2D eigenvalue weighted by Crippen LogP contribution is -2.09. The Kier molecular flexibility index (Phi) is 3.29. The van der Waals surface area contributed by atoms with Crippen LogP contribution < -0.4 is 21.5 Å². The molecule has 0 bridgehead atoms. The maximum atomic E-state index is 5.68. The Balaban J connectivity index is 2.96. The van der Waals surface area contributed by atoms with Crippen LogP contribution in [0.4, 0.5) is 17.5 Å². The van der Waals surface area contributed by atoms with Crippen molar-refractivity contribution in [2.45, 2.75) is 0 Å². The topological polar surface area (TPSA) is 108 Å². The number of aromatic nitrogens is 2. The summed E-state index contributed by atoms with van der Waals surface area (Å²) in [6.07, 6.45) is 0. The van der Waals surface area contributed by atoms with E-state index in [9.17, 15) is 0 Å². The zero-order chi connectivity index (χ0) is 10.6. The zero-order valence-corrected chi connectivity index (χ0v) is 8.07. The number of methoxy groups -OCH3 is 1. The number of nitrogens with two attached hydrogens (primary N) is 2. The van der Waals surface area contributed by atoms with E-state index in [2.05, 4.69) is 15.3 Å². The number of rotatable bonds is 4. The standard InChI is InChI=1S/C7H13N5O2/c1-10-5-4(8)6(14-3-13-2)12-7(9)11-5/h3,8H2,1-2H3,(H3,9,10,11,12). The second-order valence-electron chi connectivity index (χ2n) is 2.45. The van der Waals surface area contributed by atoms with Crippen molar-refractivity contribution >= 4 is 17.5 Å². The van der Waals surface area contributed by atoms with Gasteiger partial charge >= 0.3 is 0 Å². The minimum atomic E-state index is 0.0593. The van der Waals surface area contributed by atoms with E-state index in [0.717, 1.165) is 0 Å². The fourth-order valence-electron chi connectivity index (χ4n) is 0.881. The predicted octanol–water partition coefficient (Wildman–Crippen LogP) is -0.335. The first-order valence-corrected chi connectivity index (χ1v) is 3.91. The van der Waals surface area contributed by atoms with E-state index in [-0.39, 0.29) is 18.6 Å². The largest absolute Gasteiger partial charge is 0.449 e. The number of hydrogen-bond donors (Lipinski definition) is 3. The molecule has 0 aliphatic heterocycles. The molecular weight excluding hydrogens is 186 g/mol. The van der Waals surface area contributed by atoms with Crippen LogP contribution in [-0.2, 0) is 4.74 Å². The van der Waals surface area contributed by atoms with E-state index in [4.69, 9.17) is 20.9 Å². The molecule has 0 atom stereocenters. The average molecular weight is 199 g/mol. The monoisotopic (exact) mass is 199 g/mol. The second-order valence-corrected chi connectivity index (χ2v) is 2.45. The SMILES string of the molecule is CNc1nc(N)nc(OCOC)c1N. The van der Waals surface area contributed by atoms with Crippen molar-refractivity contribution in [3.63, 3.8) is 0 Å². The third-order valence-electron chi connectivity index (χ3n) is 1.48. The molecule has 1 aromatic heterocycles. The molecule has 0 aliphatic rings. The van der Waals surface area contributed by atoms with Crippen LogP contribution in [0.2, 0.25) is 0 Å². The highest BCUT2D eigenvalue weighted by Crippen LogP contribution is 2.26. The van der Waals surface area contributed by atoms with E-state index in [1.807, 2.05) is 0 Å². The summed E-state index contributed by atoms with van der Waals surface area (Å²) in [7, 11) is 3.18. The molecule has 0 radical (unpaired) electrons. The summed E-state index contributed by atoms with van der Waals surface area (Å²) in [6.45, 7) is 0.0593. The Labute approximate surface area is 81.4 Å². The predicted molar refractivity (Wildman–Crippen MR) is 52.9 cm³/mol. The molecule has 1 heterocycles. The molecule has 1 aromatic rings. The smallest absolute Gasteiger partial charge is 0.246 e. The van der Waals surface area contributed by atoms with E-state index >= 15 is 0 Å². The van der Waals surface area contributed by atoms with Crippen LogP contribution in [-0.4, -0.2) is 30.9 Å². The molecule has 0 fully saturated rings. The molecule has 0 amide bonds.